The van der Waals surface area contributed by atoms with E-state index < -0.39 is 0 Å². The van der Waals surface area contributed by atoms with E-state index >= 15 is 0 Å². The fourth-order valence-corrected chi connectivity index (χ4v) is 2.84. The highest BCUT2D eigenvalue weighted by atomic mass is 16.5. The maximum atomic E-state index is 5.69. The van der Waals surface area contributed by atoms with Crippen LogP contribution in [0.1, 0.15) is 37.2 Å². The van der Waals surface area contributed by atoms with Gasteiger partial charge in [-0.05, 0) is 18.9 Å². The zero-order chi connectivity index (χ0) is 10.8. The largest absolute Gasteiger partial charge is 0.493 e. The Labute approximate surface area is 97.0 Å². The SMILES string of the molecule is c1ccc2c(c1)OCC2CNC1CCCC1. The quantitative estimate of drug-likeness (QED) is 0.840. The molecule has 1 saturated carbocycles. The topological polar surface area (TPSA) is 21.3 Å². The van der Waals surface area contributed by atoms with E-state index in [1.807, 2.05) is 6.07 Å². The number of hydrogen-bond acceptors (Lipinski definition) is 2. The van der Waals surface area contributed by atoms with Crippen LogP contribution in [0.3, 0.4) is 0 Å². The molecule has 1 fully saturated rings. The van der Waals surface area contributed by atoms with E-state index in [9.17, 15) is 0 Å². The summed E-state index contributed by atoms with van der Waals surface area (Å²) in [6.07, 6.45) is 5.51. The Morgan fingerprint density at radius 1 is 1.19 bits per heavy atom. The Bertz CT molecular complexity index is 358. The predicted molar refractivity (Wildman–Crippen MR) is 64.9 cm³/mol. The first kappa shape index (κ1) is 10.2. The maximum Gasteiger partial charge on any atom is 0.122 e. The molecule has 86 valence electrons. The summed E-state index contributed by atoms with van der Waals surface area (Å²) in [6, 6.07) is 9.18. The normalized spacial score (nSPS) is 24.4. The van der Waals surface area contributed by atoms with Crippen LogP contribution < -0.4 is 10.1 Å². The molecular formula is C14H19NO. The summed E-state index contributed by atoms with van der Waals surface area (Å²) in [6.45, 7) is 1.92. The molecule has 3 rings (SSSR count). The first-order valence-corrected chi connectivity index (χ1v) is 6.38. The number of hydrogen-bond donors (Lipinski definition) is 1. The average Bonchev–Trinajstić information content (AvgIpc) is 2.96. The first-order valence-electron chi connectivity index (χ1n) is 6.38. The Balaban J connectivity index is 1.60. The third kappa shape index (κ3) is 1.94. The number of nitrogens with one attached hydrogen (secondary N) is 1. The smallest absolute Gasteiger partial charge is 0.122 e. The number of fused-ring (bicyclic) bond motifs is 1. The van der Waals surface area contributed by atoms with E-state index in [1.165, 1.54) is 31.2 Å². The van der Waals surface area contributed by atoms with Crippen molar-refractivity contribution in [1.82, 2.24) is 5.32 Å². The van der Waals surface area contributed by atoms with Gasteiger partial charge in [-0.2, -0.15) is 0 Å². The Kier molecular flexibility index (Phi) is 2.83. The van der Waals surface area contributed by atoms with Crippen molar-refractivity contribution in [1.29, 1.82) is 0 Å². The summed E-state index contributed by atoms with van der Waals surface area (Å²) in [5, 5.41) is 3.68. The third-order valence-electron chi connectivity index (χ3n) is 3.81. The lowest BCUT2D eigenvalue weighted by molar-refractivity contribution is 0.322. The summed E-state index contributed by atoms with van der Waals surface area (Å²) < 4.78 is 5.69. The second kappa shape index (κ2) is 4.46. The molecule has 1 unspecified atom stereocenters. The van der Waals surface area contributed by atoms with Gasteiger partial charge in [0.1, 0.15) is 5.75 Å². The van der Waals surface area contributed by atoms with Crippen LogP contribution in [0.25, 0.3) is 0 Å². The van der Waals surface area contributed by atoms with Crippen molar-refractivity contribution in [3.05, 3.63) is 29.8 Å². The molecular weight excluding hydrogens is 198 g/mol. The highest BCUT2D eigenvalue weighted by molar-refractivity contribution is 5.39. The lowest BCUT2D eigenvalue weighted by Crippen LogP contribution is -2.30. The van der Waals surface area contributed by atoms with Crippen LogP contribution in [0, 0.1) is 0 Å². The minimum absolute atomic E-state index is 0.553. The van der Waals surface area contributed by atoms with Crippen molar-refractivity contribution in [2.75, 3.05) is 13.2 Å². The van der Waals surface area contributed by atoms with Gasteiger partial charge in [0.25, 0.3) is 0 Å². The van der Waals surface area contributed by atoms with Gasteiger partial charge in [0.05, 0.1) is 6.61 Å². The van der Waals surface area contributed by atoms with Gasteiger partial charge in [-0.3, -0.25) is 0 Å². The van der Waals surface area contributed by atoms with Gasteiger partial charge in [0.15, 0.2) is 0 Å². The molecule has 2 aliphatic rings. The minimum Gasteiger partial charge on any atom is -0.493 e. The van der Waals surface area contributed by atoms with Gasteiger partial charge in [-0.25, -0.2) is 0 Å². The monoisotopic (exact) mass is 217 g/mol. The molecule has 1 aromatic rings. The average molecular weight is 217 g/mol. The van der Waals surface area contributed by atoms with Crippen LogP contribution in [0.15, 0.2) is 24.3 Å². The molecule has 1 N–H and O–H groups in total. The third-order valence-corrected chi connectivity index (χ3v) is 3.81. The molecule has 0 amide bonds. The van der Waals surface area contributed by atoms with Gasteiger partial charge in [0, 0.05) is 24.1 Å². The molecule has 0 radical (unpaired) electrons. The van der Waals surface area contributed by atoms with Gasteiger partial charge in [-0.1, -0.05) is 31.0 Å². The second-order valence-electron chi connectivity index (χ2n) is 4.94. The second-order valence-corrected chi connectivity index (χ2v) is 4.94. The fraction of sp³-hybridized carbons (Fsp3) is 0.571. The number of ether oxygens (including phenoxy) is 1. The van der Waals surface area contributed by atoms with Gasteiger partial charge >= 0.3 is 0 Å². The highest BCUT2D eigenvalue weighted by Gasteiger charge is 2.24. The summed E-state index contributed by atoms with van der Waals surface area (Å²) in [7, 11) is 0. The van der Waals surface area contributed by atoms with E-state index in [2.05, 4.69) is 23.5 Å². The van der Waals surface area contributed by atoms with Crippen molar-refractivity contribution in [2.45, 2.75) is 37.6 Å². The van der Waals surface area contributed by atoms with Crippen LogP contribution >= 0.6 is 0 Å². The van der Waals surface area contributed by atoms with Crippen LogP contribution in [-0.2, 0) is 0 Å². The molecule has 1 aliphatic carbocycles. The summed E-state index contributed by atoms with van der Waals surface area (Å²) in [4.78, 5) is 0. The van der Waals surface area contributed by atoms with Crippen LogP contribution in [-0.4, -0.2) is 19.2 Å². The van der Waals surface area contributed by atoms with E-state index in [0.29, 0.717) is 5.92 Å². The number of benzene rings is 1. The zero-order valence-corrected chi connectivity index (χ0v) is 9.61. The molecule has 0 aromatic heterocycles. The number of rotatable bonds is 3. The molecule has 1 aliphatic heterocycles. The molecule has 16 heavy (non-hydrogen) atoms. The predicted octanol–water partition coefficient (Wildman–Crippen LogP) is 2.69. The maximum absolute atomic E-state index is 5.69. The van der Waals surface area contributed by atoms with E-state index in [-0.39, 0.29) is 0 Å². The van der Waals surface area contributed by atoms with Gasteiger partial charge in [0.2, 0.25) is 0 Å². The van der Waals surface area contributed by atoms with Crippen LogP contribution in [0.4, 0.5) is 0 Å². The zero-order valence-electron chi connectivity index (χ0n) is 9.61. The Morgan fingerprint density at radius 3 is 2.88 bits per heavy atom. The molecule has 0 spiro atoms. The van der Waals surface area contributed by atoms with Gasteiger partial charge in [-0.15, -0.1) is 0 Å². The minimum atomic E-state index is 0.553. The Hall–Kier alpha value is -1.02. The molecule has 1 atom stereocenters. The lowest BCUT2D eigenvalue weighted by atomic mass is 10.0. The molecule has 1 aromatic carbocycles. The van der Waals surface area contributed by atoms with Crippen molar-refractivity contribution in [3.8, 4) is 5.75 Å². The van der Waals surface area contributed by atoms with Crippen LogP contribution in [0.2, 0.25) is 0 Å². The summed E-state index contributed by atoms with van der Waals surface area (Å²) >= 11 is 0. The summed E-state index contributed by atoms with van der Waals surface area (Å²) in [5.41, 5.74) is 1.38. The van der Waals surface area contributed by atoms with Crippen molar-refractivity contribution < 1.29 is 4.74 Å². The van der Waals surface area contributed by atoms with E-state index in [1.54, 1.807) is 0 Å². The van der Waals surface area contributed by atoms with Crippen molar-refractivity contribution in [3.63, 3.8) is 0 Å². The lowest BCUT2D eigenvalue weighted by Gasteiger charge is -2.15. The highest BCUT2D eigenvalue weighted by Crippen LogP contribution is 2.33. The number of para-hydroxylation sites is 1. The molecule has 0 bridgehead atoms. The summed E-state index contributed by atoms with van der Waals surface area (Å²) in [5.74, 6) is 1.64. The molecule has 0 saturated heterocycles. The fourth-order valence-electron chi connectivity index (χ4n) is 2.84. The molecule has 2 nitrogen and oxygen atoms in total. The van der Waals surface area contributed by atoms with E-state index in [0.717, 1.165) is 24.9 Å². The van der Waals surface area contributed by atoms with Gasteiger partial charge < -0.3 is 10.1 Å². The van der Waals surface area contributed by atoms with E-state index in [4.69, 9.17) is 4.74 Å². The van der Waals surface area contributed by atoms with Crippen molar-refractivity contribution in [2.24, 2.45) is 0 Å². The standard InChI is InChI=1S/C14H19NO/c1-2-6-12(5-1)15-9-11-10-16-14-8-4-3-7-13(11)14/h3-4,7-8,11-12,15H,1-2,5-6,9-10H2. The Morgan fingerprint density at radius 2 is 2.00 bits per heavy atom. The molecule has 1 heterocycles. The molecule has 2 heteroatoms. The van der Waals surface area contributed by atoms with Crippen molar-refractivity contribution >= 4 is 0 Å². The first-order chi connectivity index (χ1) is 7.93. The van der Waals surface area contributed by atoms with Crippen LogP contribution in [0.5, 0.6) is 5.75 Å².